The number of H-pyrrole nitrogens is 1. The van der Waals surface area contributed by atoms with Gasteiger partial charge in [0.25, 0.3) is 5.56 Å². The zero-order chi connectivity index (χ0) is 33.0. The van der Waals surface area contributed by atoms with Crippen LogP contribution in [0.25, 0.3) is 66.8 Å². The number of aromatic nitrogens is 6. The minimum Gasteiger partial charge on any atom is -0.381 e. The van der Waals surface area contributed by atoms with Crippen molar-refractivity contribution >= 4 is 49.4 Å². The van der Waals surface area contributed by atoms with E-state index in [1.807, 2.05) is 115 Å². The lowest BCUT2D eigenvalue weighted by atomic mass is 10.0. The largest absolute Gasteiger partial charge is 0.381 e. The molecule has 0 bridgehead atoms. The van der Waals surface area contributed by atoms with E-state index in [1.54, 1.807) is 12.4 Å². The Morgan fingerprint density at radius 3 is 1.67 bits per heavy atom. The third kappa shape index (κ3) is 6.24. The van der Waals surface area contributed by atoms with Gasteiger partial charge in [0.05, 0.1) is 33.8 Å². The van der Waals surface area contributed by atoms with E-state index in [1.165, 1.54) is 0 Å². The van der Waals surface area contributed by atoms with E-state index >= 15 is 0 Å². The number of halogens is 1. The molecule has 8 rings (SSSR count). The first-order valence-electron chi connectivity index (χ1n) is 15.0. The lowest BCUT2D eigenvalue weighted by Crippen LogP contribution is -2.16. The number of benzene rings is 4. The van der Waals surface area contributed by atoms with E-state index < -0.39 is 5.56 Å². The van der Waals surface area contributed by atoms with Gasteiger partial charge in [-0.3, -0.25) is 14.8 Å². The molecule has 4 heterocycles. The zero-order valence-corrected chi connectivity index (χ0v) is 27.0. The van der Waals surface area contributed by atoms with Crippen molar-refractivity contribution in [3.05, 3.63) is 149 Å². The molecule has 4 aromatic heterocycles. The number of nitrogens with one attached hydrogen (secondary N) is 1. The number of nitrogens with two attached hydrogens (primary N) is 2. The Balaban J connectivity index is 0.000000152. The Bertz CT molecular complexity index is 2470. The van der Waals surface area contributed by atoms with Gasteiger partial charge in [-0.1, -0.05) is 84.9 Å². The molecule has 0 saturated heterocycles. The fourth-order valence-electron chi connectivity index (χ4n) is 5.36. The maximum Gasteiger partial charge on any atom is 0.290 e. The van der Waals surface area contributed by atoms with Gasteiger partial charge in [0.2, 0.25) is 0 Å². The molecule has 0 aliphatic rings. The van der Waals surface area contributed by atoms with Crippen molar-refractivity contribution in [2.24, 2.45) is 0 Å². The second kappa shape index (κ2) is 13.2. The minimum absolute atomic E-state index is 0.0416. The fraction of sp³-hybridized carbons (Fsp3) is 0. The predicted molar refractivity (Wildman–Crippen MR) is 196 cm³/mol. The van der Waals surface area contributed by atoms with Crippen molar-refractivity contribution in [2.75, 3.05) is 11.5 Å². The van der Waals surface area contributed by atoms with E-state index in [2.05, 4.69) is 51.9 Å². The summed E-state index contributed by atoms with van der Waals surface area (Å²) in [5.41, 5.74) is 19.7. The van der Waals surface area contributed by atoms with E-state index in [-0.39, 0.29) is 5.82 Å². The third-order valence-corrected chi connectivity index (χ3v) is 8.26. The van der Waals surface area contributed by atoms with Crippen LogP contribution in [0.15, 0.2) is 143 Å². The van der Waals surface area contributed by atoms with E-state index in [4.69, 9.17) is 11.5 Å². The van der Waals surface area contributed by atoms with Crippen molar-refractivity contribution in [3.63, 3.8) is 0 Å². The van der Waals surface area contributed by atoms with Crippen LogP contribution in [0, 0.1) is 0 Å². The smallest absolute Gasteiger partial charge is 0.290 e. The molecule has 0 saturated carbocycles. The molecular weight excluding hydrogens is 664 g/mol. The van der Waals surface area contributed by atoms with Crippen LogP contribution in [0.4, 0.5) is 11.6 Å². The standard InChI is InChI=1S/C19H13BrN4.C19H14N4O/c20-18-19(21)24-16(12-5-2-1-3-6-12)17(23-18)14-8-9-15-13(11-14)7-4-10-22-15;20-18-19(24)23-17(16(22-18)12-5-2-1-3-6-12)14-8-9-15-13(11-14)7-4-10-21-15/h1-11H,(H2,21,24);1-11H,(H2,20,22)(H,23,24). The van der Waals surface area contributed by atoms with Crippen molar-refractivity contribution in [3.8, 4) is 45.0 Å². The Hall–Kier alpha value is -6.26. The molecule has 5 N–H and O–H groups in total. The van der Waals surface area contributed by atoms with Gasteiger partial charge in [0.1, 0.15) is 4.60 Å². The monoisotopic (exact) mass is 690 g/mol. The molecule has 0 spiro atoms. The Labute approximate surface area is 283 Å². The van der Waals surface area contributed by atoms with Crippen molar-refractivity contribution in [2.45, 2.75) is 0 Å². The number of hydrogen-bond donors (Lipinski definition) is 3. The maximum absolute atomic E-state index is 12.0. The van der Waals surface area contributed by atoms with Gasteiger partial charge < -0.3 is 16.5 Å². The second-order valence-corrected chi connectivity index (χ2v) is 11.6. The molecule has 0 aliphatic heterocycles. The highest BCUT2D eigenvalue weighted by atomic mass is 79.9. The summed E-state index contributed by atoms with van der Waals surface area (Å²) in [5, 5.41) is 2.05. The van der Waals surface area contributed by atoms with Crippen molar-refractivity contribution in [1.82, 2.24) is 29.9 Å². The normalized spacial score (nSPS) is 10.9. The van der Waals surface area contributed by atoms with Gasteiger partial charge in [0, 0.05) is 45.4 Å². The first-order chi connectivity index (χ1) is 23.4. The molecule has 9 nitrogen and oxygen atoms in total. The zero-order valence-electron chi connectivity index (χ0n) is 25.4. The van der Waals surface area contributed by atoms with Crippen LogP contribution in [0.5, 0.6) is 0 Å². The van der Waals surface area contributed by atoms with Crippen LogP contribution in [0.3, 0.4) is 0 Å². The SMILES string of the molecule is Nc1nc(-c2ccccc2)c(-c2ccc3ncccc3c2)[nH]c1=O.Nc1nc(-c2ccccc2)c(-c2ccc3ncccc3c2)nc1Br. The molecule has 10 heteroatoms. The quantitative estimate of drug-likeness (QED) is 0.168. The fourth-order valence-corrected chi connectivity index (χ4v) is 5.62. The predicted octanol–water partition coefficient (Wildman–Crippen LogP) is 7.94. The molecule has 232 valence electrons. The molecule has 0 atom stereocenters. The maximum atomic E-state index is 12.0. The molecule has 0 unspecified atom stereocenters. The second-order valence-electron chi connectivity index (χ2n) is 10.8. The minimum atomic E-state index is -0.393. The molecule has 0 amide bonds. The first kappa shape index (κ1) is 30.4. The Morgan fingerprint density at radius 2 is 1.04 bits per heavy atom. The van der Waals surface area contributed by atoms with Crippen LogP contribution < -0.4 is 17.0 Å². The highest BCUT2D eigenvalue weighted by Crippen LogP contribution is 2.34. The number of nitrogen functional groups attached to an aromatic ring is 2. The van der Waals surface area contributed by atoms with Crippen LogP contribution >= 0.6 is 15.9 Å². The van der Waals surface area contributed by atoms with Crippen molar-refractivity contribution in [1.29, 1.82) is 0 Å². The number of hydrogen-bond acceptors (Lipinski definition) is 8. The third-order valence-electron chi connectivity index (χ3n) is 7.68. The molecule has 8 aromatic rings. The van der Waals surface area contributed by atoms with Gasteiger partial charge in [-0.2, -0.15) is 0 Å². The summed E-state index contributed by atoms with van der Waals surface area (Å²) in [7, 11) is 0. The van der Waals surface area contributed by atoms with Crippen molar-refractivity contribution < 1.29 is 0 Å². The lowest BCUT2D eigenvalue weighted by molar-refractivity contribution is 1.16. The highest BCUT2D eigenvalue weighted by molar-refractivity contribution is 9.10. The number of pyridine rings is 2. The number of nitrogens with zero attached hydrogens (tertiary/aromatic N) is 5. The van der Waals surface area contributed by atoms with Crippen LogP contribution in [-0.2, 0) is 0 Å². The molecule has 48 heavy (non-hydrogen) atoms. The van der Waals surface area contributed by atoms with Crippen LogP contribution in [0.2, 0.25) is 0 Å². The van der Waals surface area contributed by atoms with Gasteiger partial charge in [-0.25, -0.2) is 15.0 Å². The van der Waals surface area contributed by atoms with Gasteiger partial charge in [-0.05, 0) is 52.3 Å². The highest BCUT2D eigenvalue weighted by Gasteiger charge is 2.15. The number of rotatable bonds is 4. The van der Waals surface area contributed by atoms with Gasteiger partial charge in [0.15, 0.2) is 11.6 Å². The van der Waals surface area contributed by atoms with Crippen LogP contribution in [-0.4, -0.2) is 29.9 Å². The number of anilines is 2. The summed E-state index contributed by atoms with van der Waals surface area (Å²) in [6.07, 6.45) is 3.54. The van der Waals surface area contributed by atoms with E-state index in [9.17, 15) is 4.79 Å². The molecule has 4 aromatic carbocycles. The summed E-state index contributed by atoms with van der Waals surface area (Å²) >= 11 is 3.39. The summed E-state index contributed by atoms with van der Waals surface area (Å²) in [4.78, 5) is 37.1. The van der Waals surface area contributed by atoms with E-state index in [0.29, 0.717) is 21.8 Å². The summed E-state index contributed by atoms with van der Waals surface area (Å²) in [5.74, 6) is 0.333. The molecule has 0 aliphatic carbocycles. The Morgan fingerprint density at radius 1 is 0.521 bits per heavy atom. The topological polar surface area (TPSA) is 149 Å². The van der Waals surface area contributed by atoms with Gasteiger partial charge in [-0.15, -0.1) is 0 Å². The Kier molecular flexibility index (Phi) is 8.38. The molecule has 0 radical (unpaired) electrons. The number of aromatic amines is 1. The summed E-state index contributed by atoms with van der Waals surface area (Å²) < 4.78 is 0.545. The van der Waals surface area contributed by atoms with Gasteiger partial charge >= 0.3 is 0 Å². The number of fused-ring (bicyclic) bond motifs is 2. The molecular formula is C38H27BrN8O. The molecule has 0 fully saturated rings. The average molecular weight is 692 g/mol. The first-order valence-corrected chi connectivity index (χ1v) is 15.8. The average Bonchev–Trinajstić information content (AvgIpc) is 3.14. The van der Waals surface area contributed by atoms with E-state index in [0.717, 1.165) is 55.4 Å². The summed E-state index contributed by atoms with van der Waals surface area (Å²) in [6.45, 7) is 0. The summed E-state index contributed by atoms with van der Waals surface area (Å²) in [6, 6.07) is 39.3. The van der Waals surface area contributed by atoms with Crippen LogP contribution in [0.1, 0.15) is 0 Å². The lowest BCUT2D eigenvalue weighted by Gasteiger charge is -2.11.